The van der Waals surface area contributed by atoms with Crippen LogP contribution in [-0.4, -0.2) is 56.2 Å². The lowest BCUT2D eigenvalue weighted by atomic mass is 10.0. The van der Waals surface area contributed by atoms with Gasteiger partial charge in [0, 0.05) is 48.3 Å². The molecule has 0 aromatic carbocycles. The molecule has 1 N–H and O–H groups in total. The lowest BCUT2D eigenvalue weighted by Gasteiger charge is -2.31. The summed E-state index contributed by atoms with van der Waals surface area (Å²) in [6.07, 6.45) is 4.59. The first-order valence-corrected chi connectivity index (χ1v) is 10.8. The van der Waals surface area contributed by atoms with Crippen LogP contribution in [0, 0.1) is 27.7 Å². The van der Waals surface area contributed by atoms with Crippen molar-refractivity contribution in [1.29, 1.82) is 0 Å². The van der Waals surface area contributed by atoms with Crippen molar-refractivity contribution in [2.45, 2.75) is 66.8 Å². The zero-order valence-electron chi connectivity index (χ0n) is 19.1. The number of rotatable bonds is 6. The van der Waals surface area contributed by atoms with Crippen LogP contribution in [0.25, 0.3) is 5.95 Å². The number of allylic oxidation sites excluding steroid dienone is 1. The van der Waals surface area contributed by atoms with Crippen molar-refractivity contribution < 1.29 is 4.79 Å². The zero-order chi connectivity index (χ0) is 21.8. The molecule has 0 bridgehead atoms. The Morgan fingerprint density at radius 1 is 1.13 bits per heavy atom. The van der Waals surface area contributed by atoms with E-state index >= 15 is 0 Å². The van der Waals surface area contributed by atoms with Crippen LogP contribution in [0.2, 0.25) is 0 Å². The molecule has 7 heteroatoms. The van der Waals surface area contributed by atoms with Crippen molar-refractivity contribution in [3.8, 4) is 5.95 Å². The Bertz CT molecular complexity index is 913. The summed E-state index contributed by atoms with van der Waals surface area (Å²) in [5, 5.41) is 7.83. The van der Waals surface area contributed by atoms with Gasteiger partial charge in [-0.25, -0.2) is 14.6 Å². The standard InChI is InChI=1S/C23H34N6O/c1-15(2)7-10-28-11-8-20(9-12-28)26-22(30)14-21-18(5)27-29(19(21)6)23-24-16(3)13-17(4)25-23/h7,13,20H,8-12,14H2,1-6H3,(H,26,30). The van der Waals surface area contributed by atoms with Gasteiger partial charge < -0.3 is 5.32 Å². The number of nitrogens with zero attached hydrogens (tertiary/aromatic N) is 5. The summed E-state index contributed by atoms with van der Waals surface area (Å²) in [7, 11) is 0. The zero-order valence-corrected chi connectivity index (χ0v) is 19.1. The molecule has 3 rings (SSSR count). The Morgan fingerprint density at radius 2 is 1.77 bits per heavy atom. The Kier molecular flexibility index (Phi) is 7.02. The number of amides is 1. The number of carbonyl (C=O) groups is 1. The van der Waals surface area contributed by atoms with Gasteiger partial charge in [-0.2, -0.15) is 5.10 Å². The molecule has 7 nitrogen and oxygen atoms in total. The van der Waals surface area contributed by atoms with Crippen LogP contribution in [0.3, 0.4) is 0 Å². The highest BCUT2D eigenvalue weighted by atomic mass is 16.1. The summed E-state index contributed by atoms with van der Waals surface area (Å²) >= 11 is 0. The minimum Gasteiger partial charge on any atom is -0.353 e. The van der Waals surface area contributed by atoms with Gasteiger partial charge in [0.1, 0.15) is 0 Å². The predicted octanol–water partition coefficient (Wildman–Crippen LogP) is 2.99. The van der Waals surface area contributed by atoms with Gasteiger partial charge in [0.2, 0.25) is 5.91 Å². The third kappa shape index (κ3) is 5.53. The molecule has 1 aliphatic heterocycles. The molecule has 0 atom stereocenters. The monoisotopic (exact) mass is 410 g/mol. The quantitative estimate of drug-likeness (QED) is 0.741. The molecule has 1 fully saturated rings. The van der Waals surface area contributed by atoms with E-state index in [2.05, 4.69) is 45.2 Å². The molecular formula is C23H34N6O. The molecule has 2 aromatic rings. The van der Waals surface area contributed by atoms with E-state index in [0.29, 0.717) is 12.4 Å². The number of hydrogen-bond acceptors (Lipinski definition) is 5. The maximum atomic E-state index is 12.7. The average Bonchev–Trinajstić information content (AvgIpc) is 2.95. The molecule has 0 unspecified atom stereocenters. The SMILES string of the molecule is CC(C)=CCN1CCC(NC(=O)Cc2c(C)nn(-c3nc(C)cc(C)n3)c2C)CC1. The summed E-state index contributed by atoms with van der Waals surface area (Å²) in [6.45, 7) is 15.1. The second kappa shape index (κ2) is 9.51. The van der Waals surface area contributed by atoms with E-state index in [1.807, 2.05) is 33.8 Å². The largest absolute Gasteiger partial charge is 0.353 e. The third-order valence-electron chi connectivity index (χ3n) is 5.65. The molecule has 0 saturated carbocycles. The van der Waals surface area contributed by atoms with Crippen molar-refractivity contribution in [3.05, 3.63) is 46.1 Å². The fraction of sp³-hybridized carbons (Fsp3) is 0.565. The molecule has 30 heavy (non-hydrogen) atoms. The van der Waals surface area contributed by atoms with Crippen molar-refractivity contribution in [2.24, 2.45) is 0 Å². The molecular weight excluding hydrogens is 376 g/mol. The predicted molar refractivity (Wildman–Crippen MR) is 119 cm³/mol. The first-order valence-electron chi connectivity index (χ1n) is 10.8. The lowest BCUT2D eigenvalue weighted by molar-refractivity contribution is -0.121. The second-order valence-electron chi connectivity index (χ2n) is 8.61. The first kappa shape index (κ1) is 22.2. The number of aryl methyl sites for hydroxylation is 3. The van der Waals surface area contributed by atoms with Gasteiger partial charge in [0.05, 0.1) is 12.1 Å². The number of carbonyl (C=O) groups excluding carboxylic acids is 1. The van der Waals surface area contributed by atoms with E-state index in [9.17, 15) is 4.79 Å². The maximum absolute atomic E-state index is 12.7. The minimum atomic E-state index is 0.0600. The Morgan fingerprint density at radius 3 is 2.37 bits per heavy atom. The van der Waals surface area contributed by atoms with Gasteiger partial charge in [-0.3, -0.25) is 9.69 Å². The number of nitrogens with one attached hydrogen (secondary N) is 1. The van der Waals surface area contributed by atoms with Crippen LogP contribution in [-0.2, 0) is 11.2 Å². The topological polar surface area (TPSA) is 75.9 Å². The summed E-state index contributed by atoms with van der Waals surface area (Å²) in [5.41, 5.74) is 5.88. The third-order valence-corrected chi connectivity index (χ3v) is 5.65. The normalized spacial score (nSPS) is 15.3. The second-order valence-corrected chi connectivity index (χ2v) is 8.61. The van der Waals surface area contributed by atoms with Gasteiger partial charge in [-0.15, -0.1) is 0 Å². The van der Waals surface area contributed by atoms with Crippen LogP contribution in [0.4, 0.5) is 0 Å². The van der Waals surface area contributed by atoms with Crippen molar-refractivity contribution in [1.82, 2.24) is 30.0 Å². The summed E-state index contributed by atoms with van der Waals surface area (Å²) < 4.78 is 1.75. The van der Waals surface area contributed by atoms with Gasteiger partial charge in [-0.05, 0) is 60.5 Å². The highest BCUT2D eigenvalue weighted by Gasteiger charge is 2.22. The average molecular weight is 411 g/mol. The van der Waals surface area contributed by atoms with E-state index in [-0.39, 0.29) is 11.9 Å². The smallest absolute Gasteiger partial charge is 0.251 e. The lowest BCUT2D eigenvalue weighted by Crippen LogP contribution is -2.45. The van der Waals surface area contributed by atoms with E-state index in [0.717, 1.165) is 60.8 Å². The van der Waals surface area contributed by atoms with E-state index < -0.39 is 0 Å². The van der Waals surface area contributed by atoms with Crippen LogP contribution >= 0.6 is 0 Å². The molecule has 0 spiro atoms. The number of hydrogen-bond donors (Lipinski definition) is 1. The van der Waals surface area contributed by atoms with E-state index in [4.69, 9.17) is 0 Å². The summed E-state index contributed by atoms with van der Waals surface area (Å²) in [6, 6.07) is 2.19. The van der Waals surface area contributed by atoms with Crippen molar-refractivity contribution in [3.63, 3.8) is 0 Å². The Labute approximate surface area is 179 Å². The van der Waals surface area contributed by atoms with Gasteiger partial charge in [0.25, 0.3) is 5.95 Å². The number of aromatic nitrogens is 4. The minimum absolute atomic E-state index is 0.0600. The Hall–Kier alpha value is -2.54. The molecule has 3 heterocycles. The Balaban J connectivity index is 1.61. The number of likely N-dealkylation sites (tertiary alicyclic amines) is 1. The van der Waals surface area contributed by atoms with E-state index in [1.165, 1.54) is 5.57 Å². The maximum Gasteiger partial charge on any atom is 0.251 e. The van der Waals surface area contributed by atoms with Gasteiger partial charge in [-0.1, -0.05) is 11.6 Å². The first-order chi connectivity index (χ1) is 14.2. The van der Waals surface area contributed by atoms with Gasteiger partial charge in [0.15, 0.2) is 0 Å². The summed E-state index contributed by atoms with van der Waals surface area (Å²) in [4.78, 5) is 24.2. The van der Waals surface area contributed by atoms with Crippen LogP contribution < -0.4 is 5.32 Å². The van der Waals surface area contributed by atoms with Crippen LogP contribution in [0.15, 0.2) is 17.7 Å². The van der Waals surface area contributed by atoms with Crippen LogP contribution in [0.5, 0.6) is 0 Å². The van der Waals surface area contributed by atoms with Gasteiger partial charge >= 0.3 is 0 Å². The van der Waals surface area contributed by atoms with E-state index in [1.54, 1.807) is 4.68 Å². The molecule has 1 saturated heterocycles. The van der Waals surface area contributed by atoms with Crippen LogP contribution in [0.1, 0.15) is 55.0 Å². The molecule has 162 valence electrons. The van der Waals surface area contributed by atoms with Crippen molar-refractivity contribution >= 4 is 5.91 Å². The number of piperidine rings is 1. The fourth-order valence-electron chi connectivity index (χ4n) is 3.94. The van der Waals surface area contributed by atoms with Crippen molar-refractivity contribution in [2.75, 3.05) is 19.6 Å². The summed E-state index contributed by atoms with van der Waals surface area (Å²) in [5.74, 6) is 0.619. The molecule has 1 amide bonds. The molecule has 2 aromatic heterocycles. The highest BCUT2D eigenvalue weighted by molar-refractivity contribution is 5.79. The highest BCUT2D eigenvalue weighted by Crippen LogP contribution is 2.18. The molecule has 0 aliphatic carbocycles. The fourth-order valence-corrected chi connectivity index (χ4v) is 3.94. The molecule has 0 radical (unpaired) electrons. The molecule has 1 aliphatic rings.